The summed E-state index contributed by atoms with van der Waals surface area (Å²) < 4.78 is 0. The van der Waals surface area contributed by atoms with Gasteiger partial charge in [0.1, 0.15) is 0 Å². The Morgan fingerprint density at radius 2 is 1.68 bits per heavy atom. The van der Waals surface area contributed by atoms with Gasteiger partial charge in [-0.1, -0.05) is 49.2 Å². The molecule has 1 saturated heterocycles. The summed E-state index contributed by atoms with van der Waals surface area (Å²) in [5.41, 5.74) is 1.36. The van der Waals surface area contributed by atoms with Crippen LogP contribution >= 0.6 is 0 Å². The summed E-state index contributed by atoms with van der Waals surface area (Å²) >= 11 is 0. The molecule has 0 aromatic heterocycles. The molecule has 2 aromatic rings. The lowest BCUT2D eigenvalue weighted by Gasteiger charge is -2.41. The van der Waals surface area contributed by atoms with Crippen LogP contribution in [0.3, 0.4) is 0 Å². The molecule has 2 fully saturated rings. The van der Waals surface area contributed by atoms with Crippen molar-refractivity contribution in [2.24, 2.45) is 0 Å². The summed E-state index contributed by atoms with van der Waals surface area (Å²) in [4.78, 5) is 2.54. The lowest BCUT2D eigenvalue weighted by molar-refractivity contribution is 0.00714. The Labute approximate surface area is 151 Å². The van der Waals surface area contributed by atoms with Crippen molar-refractivity contribution in [2.45, 2.75) is 63.3 Å². The molecular formula is C22H30N2O. The maximum atomic E-state index is 10.3. The van der Waals surface area contributed by atoms with Gasteiger partial charge in [-0.25, -0.2) is 0 Å². The molecule has 0 amide bonds. The van der Waals surface area contributed by atoms with Crippen molar-refractivity contribution in [1.29, 1.82) is 0 Å². The van der Waals surface area contributed by atoms with Crippen molar-refractivity contribution in [3.05, 3.63) is 48.0 Å². The molecule has 4 rings (SSSR count). The zero-order valence-electron chi connectivity index (χ0n) is 15.0. The zero-order chi connectivity index (χ0) is 17.1. The number of aliphatic hydroxyl groups excluding tert-OH is 1. The van der Waals surface area contributed by atoms with E-state index in [4.69, 9.17) is 0 Å². The molecule has 2 aliphatic rings. The summed E-state index contributed by atoms with van der Waals surface area (Å²) in [5.74, 6) is 0. The lowest BCUT2D eigenvalue weighted by Crippen LogP contribution is -2.51. The molecule has 1 saturated carbocycles. The van der Waals surface area contributed by atoms with E-state index in [-0.39, 0.29) is 6.10 Å². The minimum Gasteiger partial charge on any atom is -0.391 e. The quantitative estimate of drug-likeness (QED) is 0.892. The Morgan fingerprint density at radius 3 is 2.48 bits per heavy atom. The van der Waals surface area contributed by atoms with E-state index in [1.807, 2.05) is 0 Å². The van der Waals surface area contributed by atoms with Crippen LogP contribution in [0.2, 0.25) is 0 Å². The molecule has 0 bridgehead atoms. The third-order valence-corrected chi connectivity index (χ3v) is 6.10. The van der Waals surface area contributed by atoms with E-state index in [1.54, 1.807) is 0 Å². The lowest BCUT2D eigenvalue weighted by atomic mass is 9.89. The van der Waals surface area contributed by atoms with E-state index in [1.165, 1.54) is 48.4 Å². The molecule has 1 aliphatic heterocycles. The van der Waals surface area contributed by atoms with Crippen molar-refractivity contribution in [3.63, 3.8) is 0 Å². The van der Waals surface area contributed by atoms with Crippen molar-refractivity contribution in [3.8, 4) is 0 Å². The van der Waals surface area contributed by atoms with Crippen LogP contribution in [0.5, 0.6) is 0 Å². The monoisotopic (exact) mass is 338 g/mol. The van der Waals surface area contributed by atoms with E-state index in [0.717, 1.165) is 26.1 Å². The first-order valence-corrected chi connectivity index (χ1v) is 9.93. The zero-order valence-corrected chi connectivity index (χ0v) is 15.0. The molecule has 2 atom stereocenters. The van der Waals surface area contributed by atoms with Gasteiger partial charge < -0.3 is 10.4 Å². The van der Waals surface area contributed by atoms with Crippen LogP contribution in [0.4, 0.5) is 0 Å². The maximum absolute atomic E-state index is 10.3. The number of likely N-dealkylation sites (tertiary alicyclic amines) is 1. The van der Waals surface area contributed by atoms with Crippen molar-refractivity contribution in [2.75, 3.05) is 13.1 Å². The summed E-state index contributed by atoms with van der Waals surface area (Å²) in [6, 6.07) is 16.3. The van der Waals surface area contributed by atoms with E-state index in [9.17, 15) is 5.11 Å². The smallest absolute Gasteiger partial charge is 0.0695 e. The van der Waals surface area contributed by atoms with E-state index < -0.39 is 0 Å². The van der Waals surface area contributed by atoms with E-state index >= 15 is 0 Å². The Morgan fingerprint density at radius 1 is 0.920 bits per heavy atom. The van der Waals surface area contributed by atoms with Gasteiger partial charge in [0.2, 0.25) is 0 Å². The van der Waals surface area contributed by atoms with E-state index in [2.05, 4.69) is 52.7 Å². The minimum atomic E-state index is -0.101. The third-order valence-electron chi connectivity index (χ3n) is 6.10. The van der Waals surface area contributed by atoms with Crippen LogP contribution in [0.15, 0.2) is 42.5 Å². The predicted molar refractivity (Wildman–Crippen MR) is 104 cm³/mol. The third kappa shape index (κ3) is 4.05. The number of hydrogen-bond donors (Lipinski definition) is 2. The average molecular weight is 338 g/mol. The Bertz CT molecular complexity index is 693. The largest absolute Gasteiger partial charge is 0.391 e. The topological polar surface area (TPSA) is 35.5 Å². The number of nitrogens with zero attached hydrogens (tertiary/aromatic N) is 1. The summed E-state index contributed by atoms with van der Waals surface area (Å²) in [6.45, 7) is 3.19. The van der Waals surface area contributed by atoms with Crippen LogP contribution in [-0.2, 0) is 6.54 Å². The highest BCUT2D eigenvalue weighted by Crippen LogP contribution is 2.26. The number of rotatable bonds is 4. The fourth-order valence-electron chi connectivity index (χ4n) is 4.56. The highest BCUT2D eigenvalue weighted by atomic mass is 16.3. The first-order chi connectivity index (χ1) is 12.3. The fraction of sp³-hybridized carbons (Fsp3) is 0.545. The van der Waals surface area contributed by atoms with Crippen LogP contribution in [-0.4, -0.2) is 41.3 Å². The van der Waals surface area contributed by atoms with Crippen LogP contribution in [0, 0.1) is 0 Å². The molecule has 1 aliphatic carbocycles. The first-order valence-electron chi connectivity index (χ1n) is 9.93. The Hall–Kier alpha value is -1.42. The Kier molecular flexibility index (Phi) is 5.35. The van der Waals surface area contributed by atoms with Gasteiger partial charge in [-0.05, 0) is 48.1 Å². The number of nitrogens with one attached hydrogen (secondary N) is 1. The summed E-state index contributed by atoms with van der Waals surface area (Å²) in [7, 11) is 0. The Balaban J connectivity index is 1.28. The van der Waals surface area contributed by atoms with Gasteiger partial charge >= 0.3 is 0 Å². The van der Waals surface area contributed by atoms with Crippen molar-refractivity contribution < 1.29 is 5.11 Å². The van der Waals surface area contributed by atoms with Crippen molar-refractivity contribution >= 4 is 10.8 Å². The molecule has 0 spiro atoms. The number of hydrogen-bond acceptors (Lipinski definition) is 3. The molecule has 3 nitrogen and oxygen atoms in total. The van der Waals surface area contributed by atoms with Gasteiger partial charge in [0.25, 0.3) is 0 Å². The fourth-order valence-corrected chi connectivity index (χ4v) is 4.56. The highest BCUT2D eigenvalue weighted by Gasteiger charge is 2.31. The standard InChI is InChI=1S/C22H30N2O/c25-22-8-4-3-7-21(22)24-13-11-20(12-14-24)23-16-17-9-10-18-5-1-2-6-19(18)15-17/h1-2,5-6,9-10,15,20-23,25H,3-4,7-8,11-14,16H2. The predicted octanol–water partition coefficient (Wildman–Crippen LogP) is 3.70. The number of benzene rings is 2. The van der Waals surface area contributed by atoms with Gasteiger partial charge in [0, 0.05) is 31.7 Å². The summed E-state index contributed by atoms with van der Waals surface area (Å²) in [6.07, 6.45) is 6.92. The van der Waals surface area contributed by atoms with Crippen LogP contribution in [0.25, 0.3) is 10.8 Å². The van der Waals surface area contributed by atoms with Crippen LogP contribution < -0.4 is 5.32 Å². The highest BCUT2D eigenvalue weighted by molar-refractivity contribution is 5.82. The van der Waals surface area contributed by atoms with Gasteiger partial charge in [-0.3, -0.25) is 4.90 Å². The second-order valence-corrected chi connectivity index (χ2v) is 7.79. The number of fused-ring (bicyclic) bond motifs is 1. The molecule has 0 radical (unpaired) electrons. The van der Waals surface area contributed by atoms with Crippen molar-refractivity contribution in [1.82, 2.24) is 10.2 Å². The molecule has 2 N–H and O–H groups in total. The van der Waals surface area contributed by atoms with Gasteiger partial charge in [0.15, 0.2) is 0 Å². The average Bonchev–Trinajstić information content (AvgIpc) is 2.67. The molecule has 2 unspecified atom stereocenters. The molecule has 2 aromatic carbocycles. The maximum Gasteiger partial charge on any atom is 0.0695 e. The molecule has 25 heavy (non-hydrogen) atoms. The molecule has 1 heterocycles. The second kappa shape index (κ2) is 7.86. The number of piperidine rings is 1. The SMILES string of the molecule is OC1CCCCC1N1CCC(NCc2ccc3ccccc3c2)CC1. The normalized spacial score (nSPS) is 26.1. The van der Waals surface area contributed by atoms with Crippen LogP contribution in [0.1, 0.15) is 44.1 Å². The summed E-state index contributed by atoms with van der Waals surface area (Å²) in [5, 5.41) is 16.6. The number of aliphatic hydroxyl groups is 1. The van der Waals surface area contributed by atoms with Gasteiger partial charge in [-0.15, -0.1) is 0 Å². The first kappa shape index (κ1) is 17.0. The van der Waals surface area contributed by atoms with Gasteiger partial charge in [-0.2, -0.15) is 0 Å². The van der Waals surface area contributed by atoms with E-state index in [0.29, 0.717) is 12.1 Å². The van der Waals surface area contributed by atoms with Gasteiger partial charge in [0.05, 0.1) is 6.10 Å². The molecule has 3 heteroatoms. The molecule has 134 valence electrons. The minimum absolute atomic E-state index is 0.101. The molecular weight excluding hydrogens is 308 g/mol. The second-order valence-electron chi connectivity index (χ2n) is 7.79.